The fraction of sp³-hybridized carbons (Fsp3) is 0.333. The molecular formula is C12H14BrN3O2S. The van der Waals surface area contributed by atoms with E-state index in [0.717, 1.165) is 15.0 Å². The quantitative estimate of drug-likeness (QED) is 0.931. The van der Waals surface area contributed by atoms with E-state index in [0.29, 0.717) is 16.4 Å². The molecule has 1 amide bonds. The number of ether oxygens (including phenoxy) is 1. The fourth-order valence-electron chi connectivity index (χ4n) is 1.71. The number of hydrogen-bond donors (Lipinski definition) is 1. The smallest absolute Gasteiger partial charge is 0.267 e. The Labute approximate surface area is 123 Å². The predicted octanol–water partition coefficient (Wildman–Crippen LogP) is 3.12. The van der Waals surface area contributed by atoms with E-state index in [9.17, 15) is 4.79 Å². The van der Waals surface area contributed by atoms with Crippen LogP contribution in [0.5, 0.6) is 5.75 Å². The zero-order valence-electron chi connectivity index (χ0n) is 11.1. The molecule has 1 N–H and O–H groups in total. The highest BCUT2D eigenvalue weighted by Crippen LogP contribution is 2.34. The lowest BCUT2D eigenvalue weighted by Crippen LogP contribution is -2.14. The summed E-state index contributed by atoms with van der Waals surface area (Å²) >= 11 is 4.69. The number of aryl methyl sites for hydroxylation is 2. The number of aromatic nitrogens is 2. The maximum atomic E-state index is 12.2. The summed E-state index contributed by atoms with van der Waals surface area (Å²) in [5.41, 5.74) is 1.88. The Morgan fingerprint density at radius 1 is 1.53 bits per heavy atom. The number of hydrogen-bond acceptors (Lipinski definition) is 4. The first-order valence-corrected chi connectivity index (χ1v) is 7.19. The Hall–Kier alpha value is -1.34. The van der Waals surface area contributed by atoms with Crippen LogP contribution >= 0.6 is 27.3 Å². The van der Waals surface area contributed by atoms with Crippen molar-refractivity contribution in [3.8, 4) is 5.75 Å². The van der Waals surface area contributed by atoms with Gasteiger partial charge in [-0.25, -0.2) is 0 Å². The van der Waals surface area contributed by atoms with Gasteiger partial charge in [-0.1, -0.05) is 0 Å². The number of carbonyl (C=O) groups excluding carboxylic acids is 1. The summed E-state index contributed by atoms with van der Waals surface area (Å²) in [6.45, 7) is 3.85. The molecule has 7 heteroatoms. The molecule has 5 nitrogen and oxygen atoms in total. The highest BCUT2D eigenvalue weighted by Gasteiger charge is 2.17. The van der Waals surface area contributed by atoms with Crippen molar-refractivity contribution in [2.24, 2.45) is 7.05 Å². The monoisotopic (exact) mass is 343 g/mol. The van der Waals surface area contributed by atoms with Crippen LogP contribution in [0.3, 0.4) is 0 Å². The number of methoxy groups -OCH3 is 1. The summed E-state index contributed by atoms with van der Waals surface area (Å²) in [7, 11) is 3.38. The van der Waals surface area contributed by atoms with Crippen LogP contribution in [0.4, 0.5) is 5.82 Å². The van der Waals surface area contributed by atoms with Gasteiger partial charge in [0, 0.05) is 18.7 Å². The van der Waals surface area contributed by atoms with Crippen molar-refractivity contribution < 1.29 is 9.53 Å². The van der Waals surface area contributed by atoms with Gasteiger partial charge in [0.25, 0.3) is 5.91 Å². The van der Waals surface area contributed by atoms with Gasteiger partial charge in [-0.3, -0.25) is 9.48 Å². The van der Waals surface area contributed by atoms with Gasteiger partial charge in [-0.2, -0.15) is 5.10 Å². The summed E-state index contributed by atoms with van der Waals surface area (Å²) in [4.78, 5) is 12.8. The summed E-state index contributed by atoms with van der Waals surface area (Å²) in [6.07, 6.45) is 0. The molecule has 2 rings (SSSR count). The molecule has 0 spiro atoms. The van der Waals surface area contributed by atoms with E-state index in [-0.39, 0.29) is 5.91 Å². The van der Waals surface area contributed by atoms with Gasteiger partial charge in [0.05, 0.1) is 17.7 Å². The summed E-state index contributed by atoms with van der Waals surface area (Å²) in [5, 5.41) is 7.14. The highest BCUT2D eigenvalue weighted by atomic mass is 79.9. The molecule has 19 heavy (non-hydrogen) atoms. The lowest BCUT2D eigenvalue weighted by molar-refractivity contribution is 0.102. The molecule has 0 bridgehead atoms. The molecule has 0 aliphatic carbocycles. The molecule has 0 unspecified atom stereocenters. The van der Waals surface area contributed by atoms with E-state index in [1.807, 2.05) is 13.8 Å². The third-order valence-corrected chi connectivity index (χ3v) is 4.63. The van der Waals surface area contributed by atoms with Gasteiger partial charge in [0.15, 0.2) is 0 Å². The number of halogens is 1. The third kappa shape index (κ3) is 2.66. The molecule has 0 saturated carbocycles. The first kappa shape index (κ1) is 14.1. The van der Waals surface area contributed by atoms with Gasteiger partial charge in [0.1, 0.15) is 15.4 Å². The maximum absolute atomic E-state index is 12.2. The average molecular weight is 344 g/mol. The maximum Gasteiger partial charge on any atom is 0.267 e. The predicted molar refractivity (Wildman–Crippen MR) is 79.2 cm³/mol. The summed E-state index contributed by atoms with van der Waals surface area (Å²) < 4.78 is 7.62. The zero-order chi connectivity index (χ0) is 14.2. The average Bonchev–Trinajstić information content (AvgIpc) is 2.85. The van der Waals surface area contributed by atoms with E-state index in [4.69, 9.17) is 4.74 Å². The molecule has 102 valence electrons. The van der Waals surface area contributed by atoms with Gasteiger partial charge in [-0.15, -0.1) is 11.3 Å². The SMILES string of the molecule is COc1cc(C(=O)Nc2c(C)c(C)nn2C)sc1Br. The molecule has 0 aliphatic heterocycles. The topological polar surface area (TPSA) is 56.1 Å². The van der Waals surface area contributed by atoms with Crippen LogP contribution in [-0.2, 0) is 7.05 Å². The highest BCUT2D eigenvalue weighted by molar-refractivity contribution is 9.11. The third-order valence-electron chi connectivity index (χ3n) is 2.85. The van der Waals surface area contributed by atoms with E-state index in [1.165, 1.54) is 11.3 Å². The summed E-state index contributed by atoms with van der Waals surface area (Å²) in [6, 6.07) is 1.71. The lowest BCUT2D eigenvalue weighted by Gasteiger charge is -2.04. The molecule has 0 atom stereocenters. The number of thiophene rings is 1. The van der Waals surface area contributed by atoms with Crippen molar-refractivity contribution in [1.29, 1.82) is 0 Å². The van der Waals surface area contributed by atoms with Gasteiger partial charge >= 0.3 is 0 Å². The van der Waals surface area contributed by atoms with E-state index in [2.05, 4.69) is 26.3 Å². The Kier molecular flexibility index (Phi) is 3.96. The van der Waals surface area contributed by atoms with Crippen LogP contribution < -0.4 is 10.1 Å². The van der Waals surface area contributed by atoms with Crippen LogP contribution in [-0.4, -0.2) is 22.8 Å². The number of nitrogens with one attached hydrogen (secondary N) is 1. The van der Waals surface area contributed by atoms with Crippen molar-refractivity contribution in [3.63, 3.8) is 0 Å². The first-order valence-electron chi connectivity index (χ1n) is 5.59. The first-order chi connectivity index (χ1) is 8.93. The second kappa shape index (κ2) is 5.34. The fourth-order valence-corrected chi connectivity index (χ4v) is 3.26. The van der Waals surface area contributed by atoms with Crippen molar-refractivity contribution in [3.05, 3.63) is 26.0 Å². The Morgan fingerprint density at radius 2 is 2.21 bits per heavy atom. The second-order valence-electron chi connectivity index (χ2n) is 4.09. The molecule has 2 aromatic rings. The van der Waals surface area contributed by atoms with E-state index < -0.39 is 0 Å². The number of rotatable bonds is 3. The largest absolute Gasteiger partial charge is 0.495 e. The molecule has 0 fully saturated rings. The second-order valence-corrected chi connectivity index (χ2v) is 6.46. The molecular weight excluding hydrogens is 330 g/mol. The van der Waals surface area contributed by atoms with Crippen molar-refractivity contribution >= 4 is 39.0 Å². The number of carbonyl (C=O) groups is 1. The number of nitrogens with zero attached hydrogens (tertiary/aromatic N) is 2. The van der Waals surface area contributed by atoms with Crippen LogP contribution in [0.15, 0.2) is 9.85 Å². The van der Waals surface area contributed by atoms with E-state index >= 15 is 0 Å². The minimum Gasteiger partial charge on any atom is -0.495 e. The van der Waals surface area contributed by atoms with Gasteiger partial charge in [-0.05, 0) is 29.8 Å². The molecule has 0 saturated heterocycles. The molecule has 2 aromatic heterocycles. The molecule has 0 aromatic carbocycles. The summed E-state index contributed by atoms with van der Waals surface area (Å²) in [5.74, 6) is 1.21. The minimum atomic E-state index is -0.167. The molecule has 2 heterocycles. The normalized spacial score (nSPS) is 10.6. The number of anilines is 1. The Morgan fingerprint density at radius 3 is 2.68 bits per heavy atom. The Balaban J connectivity index is 2.25. The molecule has 0 aliphatic rings. The van der Waals surface area contributed by atoms with Crippen molar-refractivity contribution in [2.45, 2.75) is 13.8 Å². The van der Waals surface area contributed by atoms with E-state index in [1.54, 1.807) is 24.9 Å². The zero-order valence-corrected chi connectivity index (χ0v) is 13.5. The van der Waals surface area contributed by atoms with Crippen LogP contribution in [0.25, 0.3) is 0 Å². The molecule has 0 radical (unpaired) electrons. The van der Waals surface area contributed by atoms with Crippen molar-refractivity contribution in [2.75, 3.05) is 12.4 Å². The van der Waals surface area contributed by atoms with Gasteiger partial charge in [0.2, 0.25) is 0 Å². The lowest BCUT2D eigenvalue weighted by atomic mass is 10.3. The Bertz CT molecular complexity index is 633. The number of amides is 1. The minimum absolute atomic E-state index is 0.167. The van der Waals surface area contributed by atoms with Crippen LogP contribution in [0.1, 0.15) is 20.9 Å². The van der Waals surface area contributed by atoms with Crippen LogP contribution in [0.2, 0.25) is 0 Å². The van der Waals surface area contributed by atoms with Gasteiger partial charge < -0.3 is 10.1 Å². The van der Waals surface area contributed by atoms with Crippen molar-refractivity contribution in [1.82, 2.24) is 9.78 Å². The standard InChI is InChI=1S/C12H14BrN3O2S/c1-6-7(2)15-16(3)11(6)14-12(17)9-5-8(18-4)10(13)19-9/h5H,1-4H3,(H,14,17). The van der Waals surface area contributed by atoms with Crippen LogP contribution in [0, 0.1) is 13.8 Å².